The quantitative estimate of drug-likeness (QED) is 0.531. The van der Waals surface area contributed by atoms with Crippen LogP contribution in [0.25, 0.3) is 0 Å². The van der Waals surface area contributed by atoms with Crippen molar-refractivity contribution in [3.05, 3.63) is 95.0 Å². The van der Waals surface area contributed by atoms with E-state index in [1.165, 1.54) is 35.6 Å². The molecule has 6 rings (SSSR count). The molecule has 1 aromatic carbocycles. The van der Waals surface area contributed by atoms with Gasteiger partial charge < -0.3 is 20.3 Å². The van der Waals surface area contributed by atoms with E-state index in [1.54, 1.807) is 12.1 Å². The van der Waals surface area contributed by atoms with E-state index < -0.39 is 6.17 Å². The number of hydrogen-bond donors (Lipinski definition) is 3. The Bertz CT molecular complexity index is 1210. The topological polar surface area (TPSA) is 74.1 Å². The summed E-state index contributed by atoms with van der Waals surface area (Å²) in [7, 11) is 0. The average molecular weight is 455 g/mol. The Kier molecular flexibility index (Phi) is 5.40. The van der Waals surface area contributed by atoms with Crippen LogP contribution in [0.1, 0.15) is 50.3 Å². The lowest BCUT2D eigenvalue weighted by molar-refractivity contribution is 0.102. The summed E-state index contributed by atoms with van der Waals surface area (Å²) >= 11 is 0. The van der Waals surface area contributed by atoms with Crippen molar-refractivity contribution in [2.45, 2.75) is 50.8 Å². The van der Waals surface area contributed by atoms with Crippen molar-refractivity contribution in [1.82, 2.24) is 5.32 Å². The number of phenols is 2. The molecule has 0 radical (unpaired) electrons. The first-order valence-electron chi connectivity index (χ1n) is 12.4. The lowest BCUT2D eigenvalue weighted by Gasteiger charge is -2.35. The molecule has 3 N–H and O–H groups in total. The summed E-state index contributed by atoms with van der Waals surface area (Å²) in [6.45, 7) is 0. The Labute approximate surface area is 200 Å². The molecule has 0 amide bonds. The van der Waals surface area contributed by atoms with Crippen LogP contribution in [0.3, 0.4) is 0 Å². The highest BCUT2D eigenvalue weighted by molar-refractivity contribution is 6.11. The lowest BCUT2D eigenvalue weighted by atomic mass is 9.70. The smallest absolute Gasteiger partial charge is 0.190 e. The monoisotopic (exact) mass is 454 g/mol. The van der Waals surface area contributed by atoms with Gasteiger partial charge in [0.2, 0.25) is 0 Å². The van der Waals surface area contributed by atoms with Gasteiger partial charge in [-0.05, 0) is 67.4 Å². The van der Waals surface area contributed by atoms with Gasteiger partial charge in [-0.1, -0.05) is 42.5 Å². The number of benzene rings is 1. The van der Waals surface area contributed by atoms with Crippen LogP contribution in [0.4, 0.5) is 0 Å². The third-order valence-corrected chi connectivity index (χ3v) is 7.40. The molecular weight excluding hydrogens is 424 g/mol. The lowest BCUT2D eigenvalue weighted by Crippen LogP contribution is -2.32. The summed E-state index contributed by atoms with van der Waals surface area (Å²) < 4.78 is 6.41. The number of rotatable bonds is 4. The van der Waals surface area contributed by atoms with Crippen molar-refractivity contribution in [1.29, 1.82) is 0 Å². The predicted molar refractivity (Wildman–Crippen MR) is 133 cm³/mol. The molecule has 3 unspecified atom stereocenters. The Morgan fingerprint density at radius 3 is 2.76 bits per heavy atom. The van der Waals surface area contributed by atoms with Crippen LogP contribution < -0.4 is 5.32 Å². The highest BCUT2D eigenvalue weighted by Crippen LogP contribution is 2.43. The Hall–Kier alpha value is -3.47. The maximum atomic E-state index is 10.6. The van der Waals surface area contributed by atoms with Gasteiger partial charge in [-0.25, -0.2) is 0 Å². The van der Waals surface area contributed by atoms with Gasteiger partial charge in [0, 0.05) is 29.5 Å². The van der Waals surface area contributed by atoms with Crippen molar-refractivity contribution in [3.8, 4) is 11.5 Å². The van der Waals surface area contributed by atoms with Crippen LogP contribution in [0.5, 0.6) is 11.5 Å². The normalized spacial score (nSPS) is 28.0. The molecule has 0 aromatic heterocycles. The van der Waals surface area contributed by atoms with E-state index in [4.69, 9.17) is 9.73 Å². The number of aliphatic imine (C=N–C) groups is 1. The standard InChI is InChI=1S/C29H30N2O3/c32-20-13-14-24(26(33)16-20)29-30-25(17-27(31-29)34-21-9-3-4-10-21)28-22-11-5-1-7-18(22)15-19-8-2-6-12-23(19)28/h1,5-7,11-18,21-22,29,31-33H,2-4,8-10H2. The summed E-state index contributed by atoms with van der Waals surface area (Å²) in [5, 5.41) is 23.8. The van der Waals surface area contributed by atoms with Crippen molar-refractivity contribution in [2.24, 2.45) is 16.8 Å². The third-order valence-electron chi connectivity index (χ3n) is 7.40. The zero-order chi connectivity index (χ0) is 23.1. The molecular formula is C29H30N2O3. The van der Waals surface area contributed by atoms with E-state index in [-0.39, 0.29) is 23.5 Å². The molecule has 5 heteroatoms. The second-order valence-corrected chi connectivity index (χ2v) is 9.67. The minimum absolute atomic E-state index is 0.0144. The van der Waals surface area contributed by atoms with E-state index in [2.05, 4.69) is 47.8 Å². The average Bonchev–Trinajstić information content (AvgIpc) is 3.35. The van der Waals surface area contributed by atoms with Gasteiger partial charge in [-0.3, -0.25) is 4.99 Å². The summed E-state index contributed by atoms with van der Waals surface area (Å²) in [4.78, 5) is 5.10. The van der Waals surface area contributed by atoms with Gasteiger partial charge in [0.1, 0.15) is 17.6 Å². The molecule has 1 heterocycles. The highest BCUT2D eigenvalue weighted by atomic mass is 16.5. The molecule has 5 nitrogen and oxygen atoms in total. The summed E-state index contributed by atoms with van der Waals surface area (Å²) in [5.41, 5.74) is 5.37. The largest absolute Gasteiger partial charge is 0.508 e. The number of nitrogens with zero attached hydrogens (tertiary/aromatic N) is 1. The summed E-state index contributed by atoms with van der Waals surface area (Å²) in [5.74, 6) is 1.27. The minimum Gasteiger partial charge on any atom is -0.508 e. The number of phenolic OH excluding ortho intramolecular Hbond substituents is 2. The first kappa shape index (κ1) is 21.1. The molecule has 1 aromatic rings. The van der Waals surface area contributed by atoms with Crippen molar-refractivity contribution in [2.75, 3.05) is 0 Å². The van der Waals surface area contributed by atoms with Gasteiger partial charge in [0.05, 0.1) is 5.71 Å². The fraction of sp³-hybridized carbons (Fsp3) is 0.345. The van der Waals surface area contributed by atoms with E-state index in [9.17, 15) is 10.2 Å². The van der Waals surface area contributed by atoms with Gasteiger partial charge in [-0.15, -0.1) is 0 Å². The number of fused-ring (bicyclic) bond motifs is 2. The minimum atomic E-state index is -0.506. The van der Waals surface area contributed by atoms with E-state index in [1.807, 2.05) is 6.08 Å². The molecule has 0 spiro atoms. The Morgan fingerprint density at radius 2 is 1.91 bits per heavy atom. The maximum absolute atomic E-state index is 10.6. The van der Waals surface area contributed by atoms with Crippen LogP contribution in [0.2, 0.25) is 0 Å². The molecule has 0 saturated heterocycles. The van der Waals surface area contributed by atoms with Gasteiger partial charge in [-0.2, -0.15) is 0 Å². The van der Waals surface area contributed by atoms with Crippen molar-refractivity contribution in [3.63, 3.8) is 0 Å². The van der Waals surface area contributed by atoms with Crippen LogP contribution in [-0.2, 0) is 4.74 Å². The molecule has 1 fully saturated rings. The van der Waals surface area contributed by atoms with Crippen LogP contribution in [0, 0.1) is 11.8 Å². The molecule has 4 aliphatic carbocycles. The number of allylic oxidation sites excluding steroid dienone is 11. The van der Waals surface area contributed by atoms with E-state index >= 15 is 0 Å². The third kappa shape index (κ3) is 3.89. The van der Waals surface area contributed by atoms with Gasteiger partial charge in [0.25, 0.3) is 0 Å². The molecule has 1 saturated carbocycles. The fourth-order valence-electron chi connectivity index (χ4n) is 5.73. The van der Waals surface area contributed by atoms with Crippen molar-refractivity contribution < 1.29 is 14.9 Å². The van der Waals surface area contributed by atoms with Crippen LogP contribution in [0.15, 0.2) is 94.4 Å². The second kappa shape index (κ2) is 8.71. The van der Waals surface area contributed by atoms with Crippen LogP contribution >= 0.6 is 0 Å². The summed E-state index contributed by atoms with van der Waals surface area (Å²) in [6, 6.07) is 4.66. The number of aromatic hydroxyl groups is 2. The number of ether oxygens (including phenoxy) is 1. The van der Waals surface area contributed by atoms with Crippen molar-refractivity contribution >= 4 is 5.71 Å². The fourth-order valence-corrected chi connectivity index (χ4v) is 5.73. The Morgan fingerprint density at radius 1 is 1.06 bits per heavy atom. The molecule has 34 heavy (non-hydrogen) atoms. The predicted octanol–water partition coefficient (Wildman–Crippen LogP) is 5.89. The SMILES string of the molecule is Oc1ccc(C2N=C(C3=C4C=CCCC4=CC4C=CC=CC34)C=C(OC3CCCC3)N2)c(O)c1. The Balaban J connectivity index is 1.46. The number of hydrogen-bond acceptors (Lipinski definition) is 5. The molecule has 1 aliphatic heterocycles. The first-order valence-corrected chi connectivity index (χ1v) is 12.4. The van der Waals surface area contributed by atoms with Gasteiger partial charge >= 0.3 is 0 Å². The number of nitrogens with one attached hydrogen (secondary N) is 1. The summed E-state index contributed by atoms with van der Waals surface area (Å²) in [6.07, 6.45) is 24.0. The zero-order valence-corrected chi connectivity index (χ0v) is 19.2. The zero-order valence-electron chi connectivity index (χ0n) is 19.2. The molecule has 174 valence electrons. The molecule has 0 bridgehead atoms. The molecule has 5 aliphatic rings. The van der Waals surface area contributed by atoms with Crippen LogP contribution in [-0.4, -0.2) is 22.0 Å². The van der Waals surface area contributed by atoms with Gasteiger partial charge in [0.15, 0.2) is 12.0 Å². The highest BCUT2D eigenvalue weighted by Gasteiger charge is 2.34. The van der Waals surface area contributed by atoms with E-state index in [0.717, 1.165) is 31.4 Å². The van der Waals surface area contributed by atoms with E-state index in [0.29, 0.717) is 17.4 Å². The second-order valence-electron chi connectivity index (χ2n) is 9.67. The maximum Gasteiger partial charge on any atom is 0.190 e. The molecule has 3 atom stereocenters. The first-order chi connectivity index (χ1) is 16.7.